The monoisotopic (exact) mass is 369 g/mol. The van der Waals surface area contributed by atoms with E-state index in [2.05, 4.69) is 75.4 Å². The van der Waals surface area contributed by atoms with Gasteiger partial charge in [-0.25, -0.2) is 9.97 Å². The molecule has 23 heavy (non-hydrogen) atoms. The Hall–Kier alpha value is -1.94. The molecule has 0 spiro atoms. The van der Waals surface area contributed by atoms with Crippen LogP contribution in [0.25, 0.3) is 10.9 Å². The zero-order valence-electron chi connectivity index (χ0n) is 13.4. The van der Waals surface area contributed by atoms with E-state index in [-0.39, 0.29) is 0 Å². The molecule has 0 bridgehead atoms. The number of nitrogens with zero attached hydrogens (tertiary/aromatic N) is 2. The van der Waals surface area contributed by atoms with Gasteiger partial charge in [-0.1, -0.05) is 54.0 Å². The number of nitrogens with one attached hydrogen (secondary N) is 1. The van der Waals surface area contributed by atoms with Gasteiger partial charge in [0, 0.05) is 16.4 Å². The van der Waals surface area contributed by atoms with Gasteiger partial charge in [0.1, 0.15) is 12.1 Å². The lowest BCUT2D eigenvalue weighted by Gasteiger charge is -2.10. The summed E-state index contributed by atoms with van der Waals surface area (Å²) in [6.45, 7) is 5.28. The third-order valence-electron chi connectivity index (χ3n) is 3.95. The van der Waals surface area contributed by atoms with Crippen molar-refractivity contribution >= 4 is 32.7 Å². The molecule has 0 fully saturated rings. The predicted molar refractivity (Wildman–Crippen MR) is 100.0 cm³/mol. The van der Waals surface area contributed by atoms with Crippen LogP contribution < -0.4 is 5.32 Å². The van der Waals surface area contributed by atoms with Gasteiger partial charge < -0.3 is 5.32 Å². The van der Waals surface area contributed by atoms with Gasteiger partial charge in [0.05, 0.1) is 5.52 Å². The minimum absolute atomic E-state index is 0.577. The normalized spacial score (nSPS) is 11.1. The van der Waals surface area contributed by atoms with Gasteiger partial charge in [0.2, 0.25) is 0 Å². The third-order valence-corrected chi connectivity index (χ3v) is 4.44. The molecular formula is C19H20BrN3. The zero-order valence-corrected chi connectivity index (χ0v) is 15.0. The second-order valence-corrected chi connectivity index (χ2v) is 6.87. The van der Waals surface area contributed by atoms with Gasteiger partial charge in [-0.15, -0.1) is 0 Å². The molecule has 0 saturated heterocycles. The van der Waals surface area contributed by atoms with Crippen LogP contribution in [0.5, 0.6) is 0 Å². The van der Waals surface area contributed by atoms with Crippen LogP contribution in [0.1, 0.15) is 30.9 Å². The topological polar surface area (TPSA) is 37.8 Å². The summed E-state index contributed by atoms with van der Waals surface area (Å²) in [5, 5.41) is 4.47. The molecule has 0 atom stereocenters. The summed E-state index contributed by atoms with van der Waals surface area (Å²) in [6, 6.07) is 14.9. The van der Waals surface area contributed by atoms with E-state index in [9.17, 15) is 0 Å². The van der Waals surface area contributed by atoms with E-state index < -0.39 is 0 Å². The highest BCUT2D eigenvalue weighted by atomic mass is 79.9. The molecular weight excluding hydrogens is 350 g/mol. The molecule has 0 aliphatic rings. The maximum Gasteiger partial charge on any atom is 0.137 e. The molecule has 118 valence electrons. The van der Waals surface area contributed by atoms with Crippen LogP contribution in [0, 0.1) is 0 Å². The first kappa shape index (κ1) is 15.9. The van der Waals surface area contributed by atoms with E-state index >= 15 is 0 Å². The highest BCUT2D eigenvalue weighted by Gasteiger charge is 2.04. The van der Waals surface area contributed by atoms with Crippen LogP contribution in [-0.4, -0.2) is 16.5 Å². The van der Waals surface area contributed by atoms with Crippen LogP contribution in [0.2, 0.25) is 0 Å². The molecule has 0 amide bonds. The highest BCUT2D eigenvalue weighted by molar-refractivity contribution is 9.10. The van der Waals surface area contributed by atoms with Crippen LogP contribution in [0.4, 0.5) is 5.82 Å². The number of hydrogen-bond acceptors (Lipinski definition) is 3. The number of aromatic nitrogens is 2. The van der Waals surface area contributed by atoms with Crippen molar-refractivity contribution < 1.29 is 0 Å². The SMILES string of the molecule is CC(C)c1ccc(CCNc2ncnc3ccc(Br)cc23)cc1. The molecule has 1 aromatic heterocycles. The van der Waals surface area contributed by atoms with E-state index in [1.165, 1.54) is 11.1 Å². The number of anilines is 1. The fraction of sp³-hybridized carbons (Fsp3) is 0.263. The first-order valence-electron chi connectivity index (χ1n) is 7.86. The summed E-state index contributed by atoms with van der Waals surface area (Å²) >= 11 is 3.51. The lowest BCUT2D eigenvalue weighted by atomic mass is 10.0. The second kappa shape index (κ2) is 7.09. The largest absolute Gasteiger partial charge is 0.369 e. The van der Waals surface area contributed by atoms with Crippen LogP contribution in [-0.2, 0) is 6.42 Å². The van der Waals surface area contributed by atoms with Crippen molar-refractivity contribution in [1.82, 2.24) is 9.97 Å². The Balaban J connectivity index is 1.68. The molecule has 1 N–H and O–H groups in total. The Morgan fingerprint density at radius 3 is 2.57 bits per heavy atom. The summed E-state index contributed by atoms with van der Waals surface area (Å²) in [5.41, 5.74) is 3.67. The van der Waals surface area contributed by atoms with Crippen LogP contribution in [0.3, 0.4) is 0 Å². The number of hydrogen-bond donors (Lipinski definition) is 1. The van der Waals surface area contributed by atoms with Crippen molar-refractivity contribution in [2.24, 2.45) is 0 Å². The Bertz CT molecular complexity index is 797. The minimum atomic E-state index is 0.577. The summed E-state index contributed by atoms with van der Waals surface area (Å²) in [5.74, 6) is 1.46. The maximum absolute atomic E-state index is 4.37. The van der Waals surface area contributed by atoms with Gasteiger partial charge in [-0.2, -0.15) is 0 Å². The number of fused-ring (bicyclic) bond motifs is 1. The van der Waals surface area contributed by atoms with Gasteiger partial charge in [-0.3, -0.25) is 0 Å². The fourth-order valence-electron chi connectivity index (χ4n) is 2.56. The Kier molecular flexibility index (Phi) is 4.91. The fourth-order valence-corrected chi connectivity index (χ4v) is 2.93. The lowest BCUT2D eigenvalue weighted by molar-refractivity contribution is 0.864. The average Bonchev–Trinajstić information content (AvgIpc) is 2.55. The molecule has 3 nitrogen and oxygen atoms in total. The molecule has 3 rings (SSSR count). The van der Waals surface area contributed by atoms with Gasteiger partial charge in [0.15, 0.2) is 0 Å². The highest BCUT2D eigenvalue weighted by Crippen LogP contribution is 2.23. The minimum Gasteiger partial charge on any atom is -0.369 e. The smallest absolute Gasteiger partial charge is 0.137 e. The lowest BCUT2D eigenvalue weighted by Crippen LogP contribution is -2.07. The maximum atomic E-state index is 4.37. The first-order chi connectivity index (χ1) is 11.1. The van der Waals surface area contributed by atoms with E-state index in [0.717, 1.165) is 34.2 Å². The van der Waals surface area contributed by atoms with Crippen molar-refractivity contribution in [3.8, 4) is 0 Å². The second-order valence-electron chi connectivity index (χ2n) is 5.96. The summed E-state index contributed by atoms with van der Waals surface area (Å²) in [6.07, 6.45) is 2.58. The Morgan fingerprint density at radius 2 is 1.83 bits per heavy atom. The Morgan fingerprint density at radius 1 is 1.04 bits per heavy atom. The first-order valence-corrected chi connectivity index (χ1v) is 8.66. The molecule has 0 unspecified atom stereocenters. The van der Waals surface area contributed by atoms with Crippen LogP contribution >= 0.6 is 15.9 Å². The van der Waals surface area contributed by atoms with E-state index in [0.29, 0.717) is 5.92 Å². The summed E-state index contributed by atoms with van der Waals surface area (Å²) in [4.78, 5) is 8.68. The summed E-state index contributed by atoms with van der Waals surface area (Å²) < 4.78 is 1.03. The van der Waals surface area contributed by atoms with Crippen molar-refractivity contribution in [3.05, 3.63) is 64.4 Å². The third kappa shape index (κ3) is 3.88. The summed E-state index contributed by atoms with van der Waals surface area (Å²) in [7, 11) is 0. The molecule has 1 heterocycles. The van der Waals surface area contributed by atoms with E-state index in [4.69, 9.17) is 0 Å². The van der Waals surface area contributed by atoms with Crippen molar-refractivity contribution in [3.63, 3.8) is 0 Å². The quantitative estimate of drug-likeness (QED) is 0.673. The molecule has 3 aromatic rings. The average molecular weight is 370 g/mol. The van der Waals surface area contributed by atoms with Crippen molar-refractivity contribution in [1.29, 1.82) is 0 Å². The van der Waals surface area contributed by atoms with Gasteiger partial charge in [-0.05, 0) is 41.7 Å². The zero-order chi connectivity index (χ0) is 16.2. The molecule has 0 radical (unpaired) electrons. The number of halogens is 1. The van der Waals surface area contributed by atoms with Gasteiger partial charge in [0.25, 0.3) is 0 Å². The van der Waals surface area contributed by atoms with E-state index in [1.807, 2.05) is 12.1 Å². The van der Waals surface area contributed by atoms with Crippen molar-refractivity contribution in [2.45, 2.75) is 26.2 Å². The molecule has 0 saturated carbocycles. The molecule has 0 aliphatic heterocycles. The Labute approximate surface area is 145 Å². The van der Waals surface area contributed by atoms with E-state index in [1.54, 1.807) is 6.33 Å². The molecule has 0 aliphatic carbocycles. The predicted octanol–water partition coefficient (Wildman–Crippen LogP) is 5.17. The standard InChI is InChI=1S/C19H20BrN3/c1-13(2)15-5-3-14(4-6-15)9-10-21-19-17-11-16(20)7-8-18(17)22-12-23-19/h3-8,11-13H,9-10H2,1-2H3,(H,21,22,23). The molecule has 4 heteroatoms. The van der Waals surface area contributed by atoms with Crippen LogP contribution in [0.15, 0.2) is 53.3 Å². The van der Waals surface area contributed by atoms with Gasteiger partial charge >= 0.3 is 0 Å². The number of rotatable bonds is 5. The van der Waals surface area contributed by atoms with Crippen molar-refractivity contribution in [2.75, 3.05) is 11.9 Å². The molecule has 2 aromatic carbocycles. The number of benzene rings is 2.